The molecule has 1 N–H and O–H groups in total. The summed E-state index contributed by atoms with van der Waals surface area (Å²) in [7, 11) is 0. The minimum Gasteiger partial charge on any atom is -0.478 e. The van der Waals surface area contributed by atoms with E-state index in [4.69, 9.17) is 5.11 Å². The van der Waals surface area contributed by atoms with Crippen molar-refractivity contribution in [3.63, 3.8) is 0 Å². The zero-order valence-corrected chi connectivity index (χ0v) is 12.5. The summed E-state index contributed by atoms with van der Waals surface area (Å²) in [6.07, 6.45) is 5.79. The lowest BCUT2D eigenvalue weighted by Crippen LogP contribution is -1.94. The van der Waals surface area contributed by atoms with Crippen LogP contribution in [-0.2, 0) is 0 Å². The lowest BCUT2D eigenvalue weighted by Gasteiger charge is -2.02. The van der Waals surface area contributed by atoms with Crippen molar-refractivity contribution in [2.24, 2.45) is 0 Å². The minimum atomic E-state index is -0.912. The number of carbonyl (C=O) groups is 1. The van der Waals surface area contributed by atoms with Gasteiger partial charge in [0, 0.05) is 17.1 Å². The third kappa shape index (κ3) is 3.13. The van der Waals surface area contributed by atoms with Gasteiger partial charge in [0.1, 0.15) is 5.01 Å². The summed E-state index contributed by atoms with van der Waals surface area (Å²) >= 11 is 1.61. The third-order valence-electron chi connectivity index (χ3n) is 3.24. The molecule has 1 aromatic heterocycles. The van der Waals surface area contributed by atoms with Gasteiger partial charge in [0.2, 0.25) is 0 Å². The second kappa shape index (κ2) is 6.37. The molecule has 2 aromatic carbocycles. The van der Waals surface area contributed by atoms with Crippen molar-refractivity contribution in [3.8, 4) is 10.6 Å². The van der Waals surface area contributed by atoms with Crippen LogP contribution in [0, 0.1) is 0 Å². The lowest BCUT2D eigenvalue weighted by atomic mass is 10.1. The van der Waals surface area contributed by atoms with Crippen molar-refractivity contribution >= 4 is 29.5 Å². The Balaban J connectivity index is 1.88. The second-order valence-electron chi connectivity index (χ2n) is 4.69. The average molecular weight is 307 g/mol. The summed E-state index contributed by atoms with van der Waals surface area (Å²) in [6.45, 7) is 0. The lowest BCUT2D eigenvalue weighted by molar-refractivity contribution is 0.0697. The Morgan fingerprint density at radius 1 is 1.05 bits per heavy atom. The molecule has 3 rings (SSSR count). The third-order valence-corrected chi connectivity index (χ3v) is 4.04. The number of nitrogens with zero attached hydrogens (tertiary/aromatic N) is 1. The van der Waals surface area contributed by atoms with Crippen LogP contribution < -0.4 is 0 Å². The van der Waals surface area contributed by atoms with E-state index in [0.29, 0.717) is 5.56 Å². The molecule has 0 spiro atoms. The summed E-state index contributed by atoms with van der Waals surface area (Å²) in [6, 6.07) is 14.9. The highest BCUT2D eigenvalue weighted by Gasteiger charge is 2.04. The average Bonchev–Trinajstić information content (AvgIpc) is 3.08. The van der Waals surface area contributed by atoms with Crippen LogP contribution in [0.2, 0.25) is 0 Å². The summed E-state index contributed by atoms with van der Waals surface area (Å²) in [5.41, 5.74) is 3.43. The molecular weight excluding hydrogens is 294 g/mol. The molecule has 0 unspecified atom stereocenters. The Kier molecular flexibility index (Phi) is 4.12. The Hall–Kier alpha value is -2.72. The van der Waals surface area contributed by atoms with Gasteiger partial charge in [0.05, 0.1) is 5.56 Å². The maximum absolute atomic E-state index is 10.8. The number of thiazole rings is 1. The second-order valence-corrected chi connectivity index (χ2v) is 5.58. The smallest absolute Gasteiger partial charge is 0.335 e. The van der Waals surface area contributed by atoms with E-state index in [1.807, 2.05) is 41.8 Å². The van der Waals surface area contributed by atoms with Gasteiger partial charge in [-0.25, -0.2) is 9.78 Å². The molecule has 22 heavy (non-hydrogen) atoms. The van der Waals surface area contributed by atoms with E-state index in [2.05, 4.69) is 4.98 Å². The summed E-state index contributed by atoms with van der Waals surface area (Å²) in [5.74, 6) is -0.912. The van der Waals surface area contributed by atoms with Crippen molar-refractivity contribution in [1.29, 1.82) is 0 Å². The molecule has 0 aliphatic rings. The van der Waals surface area contributed by atoms with E-state index in [-0.39, 0.29) is 0 Å². The van der Waals surface area contributed by atoms with Crippen LogP contribution in [0.5, 0.6) is 0 Å². The molecule has 3 nitrogen and oxygen atoms in total. The molecule has 1 heterocycles. The molecule has 3 aromatic rings. The molecule has 4 heteroatoms. The summed E-state index contributed by atoms with van der Waals surface area (Å²) in [5, 5.41) is 11.8. The molecule has 0 aliphatic carbocycles. The molecule has 0 radical (unpaired) electrons. The monoisotopic (exact) mass is 307 g/mol. The van der Waals surface area contributed by atoms with Gasteiger partial charge in [-0.1, -0.05) is 48.6 Å². The van der Waals surface area contributed by atoms with Crippen LogP contribution in [0.25, 0.3) is 22.7 Å². The van der Waals surface area contributed by atoms with Gasteiger partial charge in [0.25, 0.3) is 0 Å². The quantitative estimate of drug-likeness (QED) is 0.712. The number of aromatic nitrogens is 1. The predicted molar refractivity (Wildman–Crippen MR) is 89.9 cm³/mol. The van der Waals surface area contributed by atoms with E-state index in [1.165, 1.54) is 0 Å². The Labute approximate surface area is 132 Å². The fraction of sp³-hybridized carbons (Fsp3) is 0. The summed E-state index contributed by atoms with van der Waals surface area (Å²) in [4.78, 5) is 15.2. The predicted octanol–water partition coefficient (Wildman–Crippen LogP) is 4.68. The van der Waals surface area contributed by atoms with E-state index < -0.39 is 5.97 Å². The van der Waals surface area contributed by atoms with Gasteiger partial charge in [-0.05, 0) is 23.3 Å². The van der Waals surface area contributed by atoms with Crippen molar-refractivity contribution in [1.82, 2.24) is 4.98 Å². The zero-order valence-electron chi connectivity index (χ0n) is 11.6. The molecule has 0 saturated carbocycles. The van der Waals surface area contributed by atoms with Crippen molar-refractivity contribution in [3.05, 3.63) is 76.8 Å². The molecule has 0 saturated heterocycles. The number of hydrogen-bond donors (Lipinski definition) is 1. The van der Waals surface area contributed by atoms with E-state index in [9.17, 15) is 4.79 Å². The SMILES string of the molecule is O=C(O)c1ccc(/C=C/c2ccccc2-c2nccs2)cc1. The first-order chi connectivity index (χ1) is 10.7. The molecule has 108 valence electrons. The van der Waals surface area contributed by atoms with Gasteiger partial charge >= 0.3 is 5.97 Å². The number of carboxylic acid groups (broad SMARTS) is 1. The molecule has 0 bridgehead atoms. The molecular formula is C18H13NO2S. The van der Waals surface area contributed by atoms with Crippen LogP contribution >= 0.6 is 11.3 Å². The van der Waals surface area contributed by atoms with Crippen molar-refractivity contribution in [2.75, 3.05) is 0 Å². The van der Waals surface area contributed by atoms with Crippen LogP contribution in [0.1, 0.15) is 21.5 Å². The zero-order chi connectivity index (χ0) is 15.4. The Morgan fingerprint density at radius 2 is 1.82 bits per heavy atom. The van der Waals surface area contributed by atoms with Crippen LogP contribution in [0.3, 0.4) is 0 Å². The van der Waals surface area contributed by atoms with Gasteiger partial charge in [-0.2, -0.15) is 0 Å². The fourth-order valence-corrected chi connectivity index (χ4v) is 2.80. The first-order valence-electron chi connectivity index (χ1n) is 6.74. The van der Waals surface area contributed by atoms with Crippen LogP contribution in [0.4, 0.5) is 0 Å². The standard InChI is InChI=1S/C18H13NO2S/c20-18(21)15-9-6-13(7-10-15)5-8-14-3-1-2-4-16(14)17-19-11-12-22-17/h1-12H,(H,20,21)/b8-5+. The van der Waals surface area contributed by atoms with Gasteiger partial charge < -0.3 is 5.11 Å². The maximum atomic E-state index is 10.8. The molecule has 0 fully saturated rings. The van der Waals surface area contributed by atoms with Crippen LogP contribution in [-0.4, -0.2) is 16.1 Å². The minimum absolute atomic E-state index is 0.292. The number of benzene rings is 2. The molecule has 0 atom stereocenters. The number of hydrogen-bond acceptors (Lipinski definition) is 3. The number of rotatable bonds is 4. The Bertz CT molecular complexity index is 805. The topological polar surface area (TPSA) is 50.2 Å². The van der Waals surface area contributed by atoms with Crippen molar-refractivity contribution < 1.29 is 9.90 Å². The highest BCUT2D eigenvalue weighted by molar-refractivity contribution is 7.13. The molecule has 0 aliphatic heterocycles. The Morgan fingerprint density at radius 3 is 2.50 bits per heavy atom. The summed E-state index contributed by atoms with van der Waals surface area (Å²) < 4.78 is 0. The highest BCUT2D eigenvalue weighted by atomic mass is 32.1. The van der Waals surface area contributed by atoms with E-state index in [1.54, 1.807) is 41.8 Å². The van der Waals surface area contributed by atoms with Gasteiger partial charge in [-0.15, -0.1) is 11.3 Å². The van der Waals surface area contributed by atoms with Gasteiger partial charge in [0.15, 0.2) is 0 Å². The fourth-order valence-electron chi connectivity index (χ4n) is 2.12. The number of aromatic carboxylic acids is 1. The van der Waals surface area contributed by atoms with Gasteiger partial charge in [-0.3, -0.25) is 0 Å². The van der Waals surface area contributed by atoms with Crippen molar-refractivity contribution in [2.45, 2.75) is 0 Å². The largest absolute Gasteiger partial charge is 0.478 e. The van der Waals surface area contributed by atoms with Crippen LogP contribution in [0.15, 0.2) is 60.1 Å². The van der Waals surface area contributed by atoms with E-state index >= 15 is 0 Å². The van der Waals surface area contributed by atoms with E-state index in [0.717, 1.165) is 21.7 Å². The number of carboxylic acids is 1. The first kappa shape index (κ1) is 14.2. The maximum Gasteiger partial charge on any atom is 0.335 e. The molecule has 0 amide bonds. The first-order valence-corrected chi connectivity index (χ1v) is 7.62. The highest BCUT2D eigenvalue weighted by Crippen LogP contribution is 2.26. The normalized spacial score (nSPS) is 10.9.